The summed E-state index contributed by atoms with van der Waals surface area (Å²) in [6.07, 6.45) is 10.3. The van der Waals surface area contributed by atoms with E-state index < -0.39 is 0 Å². The Morgan fingerprint density at radius 1 is 0.938 bits per heavy atom. The zero-order chi connectivity index (χ0) is 22.3. The van der Waals surface area contributed by atoms with Crippen molar-refractivity contribution in [3.63, 3.8) is 0 Å². The van der Waals surface area contributed by atoms with Crippen LogP contribution >= 0.6 is 0 Å². The fourth-order valence-corrected chi connectivity index (χ4v) is 4.30. The first kappa shape index (κ1) is 22.4. The Hall–Kier alpha value is -2.82. The maximum Gasteiger partial charge on any atom is 0.255 e. The zero-order valence-corrected chi connectivity index (χ0v) is 19.2. The molecule has 1 saturated carbocycles. The van der Waals surface area contributed by atoms with Gasteiger partial charge in [0.15, 0.2) is 0 Å². The van der Waals surface area contributed by atoms with Crippen molar-refractivity contribution >= 4 is 23.2 Å². The van der Waals surface area contributed by atoms with Crippen LogP contribution in [0.3, 0.4) is 0 Å². The van der Waals surface area contributed by atoms with Gasteiger partial charge in [-0.3, -0.25) is 9.59 Å². The van der Waals surface area contributed by atoms with Gasteiger partial charge in [0.05, 0.1) is 5.56 Å². The van der Waals surface area contributed by atoms with Gasteiger partial charge >= 0.3 is 0 Å². The van der Waals surface area contributed by atoms with Crippen LogP contribution in [0.15, 0.2) is 42.5 Å². The number of benzene rings is 2. The van der Waals surface area contributed by atoms with Crippen molar-refractivity contribution in [3.05, 3.63) is 59.2 Å². The van der Waals surface area contributed by atoms with E-state index >= 15 is 0 Å². The number of carbonyl (C=O) groups is 2. The lowest BCUT2D eigenvalue weighted by molar-refractivity contribution is 0.0950. The fraction of sp³-hybridized carbons (Fsp3) is 0.481. The second-order valence-electron chi connectivity index (χ2n) is 9.14. The highest BCUT2D eigenvalue weighted by Gasteiger charge is 2.26. The van der Waals surface area contributed by atoms with E-state index in [-0.39, 0.29) is 11.8 Å². The molecule has 2 aromatic rings. The molecule has 2 amide bonds. The van der Waals surface area contributed by atoms with Crippen molar-refractivity contribution in [2.24, 2.45) is 0 Å². The van der Waals surface area contributed by atoms with Crippen LogP contribution in [-0.4, -0.2) is 30.9 Å². The number of hydrogen-bond donors (Lipinski definition) is 2. The lowest BCUT2D eigenvalue weighted by atomic mass is 10.0. The van der Waals surface area contributed by atoms with Crippen molar-refractivity contribution in [1.29, 1.82) is 0 Å². The second kappa shape index (κ2) is 10.7. The molecule has 5 heteroatoms. The lowest BCUT2D eigenvalue weighted by Gasteiger charge is -2.30. The van der Waals surface area contributed by atoms with Gasteiger partial charge in [0.2, 0.25) is 0 Å². The van der Waals surface area contributed by atoms with Crippen LogP contribution in [0.25, 0.3) is 0 Å². The molecule has 0 bridgehead atoms. The minimum absolute atomic E-state index is 0.0411. The van der Waals surface area contributed by atoms with Gasteiger partial charge in [-0.25, -0.2) is 0 Å². The molecule has 2 aliphatic rings. The summed E-state index contributed by atoms with van der Waals surface area (Å²) in [5, 5.41) is 6.10. The zero-order valence-electron chi connectivity index (χ0n) is 19.2. The Labute approximate surface area is 191 Å². The van der Waals surface area contributed by atoms with Gasteiger partial charge in [0.1, 0.15) is 0 Å². The Bertz CT molecular complexity index is 928. The lowest BCUT2D eigenvalue weighted by Crippen LogP contribution is -2.33. The van der Waals surface area contributed by atoms with E-state index in [9.17, 15) is 9.59 Å². The van der Waals surface area contributed by atoms with E-state index in [1.54, 1.807) is 0 Å². The van der Waals surface area contributed by atoms with Gasteiger partial charge in [0.25, 0.3) is 11.8 Å². The van der Waals surface area contributed by atoms with Crippen LogP contribution in [0.4, 0.5) is 11.4 Å². The number of anilines is 2. The predicted octanol–water partition coefficient (Wildman–Crippen LogP) is 5.55. The van der Waals surface area contributed by atoms with Crippen molar-refractivity contribution < 1.29 is 9.59 Å². The van der Waals surface area contributed by atoms with E-state index in [4.69, 9.17) is 0 Å². The number of piperidine rings is 1. The molecule has 1 aliphatic heterocycles. The van der Waals surface area contributed by atoms with E-state index in [0.29, 0.717) is 22.9 Å². The number of aryl methyl sites for hydroxylation is 1. The van der Waals surface area contributed by atoms with Crippen LogP contribution in [0.2, 0.25) is 0 Å². The first-order valence-electron chi connectivity index (χ1n) is 12.2. The number of rotatable bonds is 9. The third kappa shape index (κ3) is 5.90. The molecule has 0 unspecified atom stereocenters. The van der Waals surface area contributed by atoms with Crippen LogP contribution in [0.1, 0.15) is 84.6 Å². The van der Waals surface area contributed by atoms with Gasteiger partial charge in [-0.15, -0.1) is 0 Å². The van der Waals surface area contributed by atoms with Crippen LogP contribution < -0.4 is 15.5 Å². The maximum atomic E-state index is 13.0. The number of amides is 2. The highest BCUT2D eigenvalue weighted by Crippen LogP contribution is 2.29. The maximum absolute atomic E-state index is 13.0. The molecule has 4 rings (SSSR count). The van der Waals surface area contributed by atoms with Gasteiger partial charge in [0, 0.05) is 36.1 Å². The molecule has 2 fully saturated rings. The topological polar surface area (TPSA) is 61.4 Å². The number of nitrogens with one attached hydrogen (secondary N) is 2. The minimum Gasteiger partial charge on any atom is -0.371 e. The summed E-state index contributed by atoms with van der Waals surface area (Å²) in [5.41, 5.74) is 4.18. The van der Waals surface area contributed by atoms with Crippen LogP contribution in [-0.2, 0) is 6.42 Å². The highest BCUT2D eigenvalue weighted by atomic mass is 16.2. The summed E-state index contributed by atoms with van der Waals surface area (Å²) >= 11 is 0. The minimum atomic E-state index is -0.149. The number of carbonyl (C=O) groups excluding carboxylic acids is 2. The molecule has 1 saturated heterocycles. The Balaban J connectivity index is 1.47. The molecule has 0 atom stereocenters. The first-order valence-corrected chi connectivity index (χ1v) is 12.2. The Kier molecular flexibility index (Phi) is 7.46. The van der Waals surface area contributed by atoms with E-state index in [0.717, 1.165) is 50.9 Å². The van der Waals surface area contributed by atoms with Crippen molar-refractivity contribution in [1.82, 2.24) is 5.32 Å². The summed E-state index contributed by atoms with van der Waals surface area (Å²) in [5.74, 6) is -0.190. The Morgan fingerprint density at radius 2 is 1.69 bits per heavy atom. The van der Waals surface area contributed by atoms with Crippen molar-refractivity contribution in [2.75, 3.05) is 23.3 Å². The largest absolute Gasteiger partial charge is 0.371 e. The van der Waals surface area contributed by atoms with Gasteiger partial charge < -0.3 is 15.5 Å². The molecular formula is C27H35N3O2. The summed E-state index contributed by atoms with van der Waals surface area (Å²) in [4.78, 5) is 28.1. The molecule has 32 heavy (non-hydrogen) atoms. The van der Waals surface area contributed by atoms with Crippen LogP contribution in [0.5, 0.6) is 0 Å². The summed E-state index contributed by atoms with van der Waals surface area (Å²) in [7, 11) is 0. The van der Waals surface area contributed by atoms with Gasteiger partial charge in [-0.1, -0.05) is 31.9 Å². The quantitative estimate of drug-likeness (QED) is 0.509. The molecule has 5 nitrogen and oxygen atoms in total. The third-order valence-corrected chi connectivity index (χ3v) is 6.39. The molecule has 0 radical (unpaired) electrons. The molecular weight excluding hydrogens is 398 g/mol. The van der Waals surface area contributed by atoms with Gasteiger partial charge in [-0.2, -0.15) is 0 Å². The fourth-order valence-electron chi connectivity index (χ4n) is 4.30. The van der Waals surface area contributed by atoms with Crippen LogP contribution in [0, 0.1) is 0 Å². The highest BCUT2D eigenvalue weighted by molar-refractivity contribution is 6.06. The SMILES string of the molecule is CCCCCc1ccc(C(=O)Nc2ccc(N3CCCCC3)c(C(=O)NC3CC3)c2)cc1. The summed E-state index contributed by atoms with van der Waals surface area (Å²) in [6.45, 7) is 4.15. The standard InChI is InChI=1S/C27H35N3O2/c1-2-3-5-8-20-9-11-21(12-10-20)26(31)29-23-15-16-25(30-17-6-4-7-18-30)24(19-23)27(32)28-22-13-14-22/h9-12,15-16,19,22H,2-8,13-14,17-18H2,1H3,(H,28,32)(H,29,31). The Morgan fingerprint density at radius 3 is 2.38 bits per heavy atom. The monoisotopic (exact) mass is 433 g/mol. The van der Waals surface area contributed by atoms with Crippen molar-refractivity contribution in [3.8, 4) is 0 Å². The molecule has 170 valence electrons. The second-order valence-corrected chi connectivity index (χ2v) is 9.14. The number of hydrogen-bond acceptors (Lipinski definition) is 3. The molecule has 2 N–H and O–H groups in total. The molecule has 0 spiro atoms. The number of unbranched alkanes of at least 4 members (excludes halogenated alkanes) is 2. The molecule has 1 heterocycles. The smallest absolute Gasteiger partial charge is 0.255 e. The third-order valence-electron chi connectivity index (χ3n) is 6.39. The summed E-state index contributed by atoms with van der Waals surface area (Å²) in [6, 6.07) is 13.9. The average Bonchev–Trinajstić information content (AvgIpc) is 3.64. The van der Waals surface area contributed by atoms with E-state index in [1.165, 1.54) is 31.2 Å². The van der Waals surface area contributed by atoms with Gasteiger partial charge in [-0.05, 0) is 80.8 Å². The van der Waals surface area contributed by atoms with Crippen molar-refractivity contribution in [2.45, 2.75) is 70.8 Å². The number of nitrogens with zero attached hydrogens (tertiary/aromatic N) is 1. The molecule has 2 aromatic carbocycles. The predicted molar refractivity (Wildman–Crippen MR) is 131 cm³/mol. The first-order chi connectivity index (χ1) is 15.6. The van der Waals surface area contributed by atoms with E-state index in [2.05, 4.69) is 22.5 Å². The average molecular weight is 434 g/mol. The normalized spacial score (nSPS) is 16.0. The molecule has 1 aliphatic carbocycles. The summed E-state index contributed by atoms with van der Waals surface area (Å²) < 4.78 is 0. The van der Waals surface area contributed by atoms with E-state index in [1.807, 2.05) is 42.5 Å². The molecule has 0 aromatic heterocycles.